The van der Waals surface area contributed by atoms with E-state index in [4.69, 9.17) is 0 Å². The third kappa shape index (κ3) is 4.47. The minimum atomic E-state index is -0.217. The first-order chi connectivity index (χ1) is 16.1. The Kier molecular flexibility index (Phi) is 5.58. The van der Waals surface area contributed by atoms with Crippen molar-refractivity contribution in [1.82, 2.24) is 9.55 Å². The van der Waals surface area contributed by atoms with Crippen LogP contribution in [0.1, 0.15) is 5.56 Å². The first-order valence-corrected chi connectivity index (χ1v) is 11.4. The van der Waals surface area contributed by atoms with Crippen LogP contribution in [-0.4, -0.2) is 32.3 Å². The van der Waals surface area contributed by atoms with Crippen LogP contribution in [-0.2, 0) is 16.6 Å². The molecule has 33 heavy (non-hydrogen) atoms. The predicted octanol–water partition coefficient (Wildman–Crippen LogP) is 4.62. The average molecular weight is 456 g/mol. The van der Waals surface area contributed by atoms with Gasteiger partial charge in [-0.15, -0.1) is 0 Å². The number of aliphatic imine (C=N–C) groups is 1. The van der Waals surface area contributed by atoms with Crippen LogP contribution in [0.25, 0.3) is 17.0 Å². The van der Waals surface area contributed by atoms with Crippen molar-refractivity contribution in [2.45, 2.75) is 0 Å². The minimum Gasteiger partial charge on any atom is -0.361 e. The van der Waals surface area contributed by atoms with Gasteiger partial charge in [0.15, 0.2) is 5.17 Å². The van der Waals surface area contributed by atoms with Gasteiger partial charge in [0.1, 0.15) is 5.70 Å². The number of para-hydroxylation sites is 1. The van der Waals surface area contributed by atoms with Crippen LogP contribution in [0.5, 0.6) is 0 Å². The Morgan fingerprint density at radius 1 is 1.15 bits per heavy atom. The lowest BCUT2D eigenvalue weighted by Crippen LogP contribution is -2.31. The largest absolute Gasteiger partial charge is 0.361 e. The van der Waals surface area contributed by atoms with Crippen LogP contribution in [0.2, 0.25) is 0 Å². The first-order valence-electron chi connectivity index (χ1n) is 10.4. The Hall–Kier alpha value is -4.04. The fourth-order valence-corrected chi connectivity index (χ4v) is 4.43. The zero-order valence-electron chi connectivity index (χ0n) is 17.9. The van der Waals surface area contributed by atoms with Crippen molar-refractivity contribution in [3.8, 4) is 0 Å². The molecule has 3 heterocycles. The molecule has 2 aromatic heterocycles. The number of aryl methyl sites for hydroxylation is 1. The minimum absolute atomic E-state index is 0.122. The molecule has 0 bridgehead atoms. The second-order valence-electron chi connectivity index (χ2n) is 7.63. The summed E-state index contributed by atoms with van der Waals surface area (Å²) in [6.07, 6.45) is 7.45. The number of carbonyl (C=O) groups excluding carboxylic acids is 2. The first kappa shape index (κ1) is 20.8. The Balaban J connectivity index is 1.35. The fraction of sp³-hybridized carbons (Fsp3) is 0.0800. The zero-order chi connectivity index (χ0) is 22.8. The lowest BCUT2D eigenvalue weighted by atomic mass is 10.2. The average Bonchev–Trinajstić information content (AvgIpc) is 3.52. The van der Waals surface area contributed by atoms with Crippen LogP contribution in [0.4, 0.5) is 11.4 Å². The van der Waals surface area contributed by atoms with Gasteiger partial charge in [-0.25, -0.2) is 4.99 Å². The lowest BCUT2D eigenvalue weighted by Gasteiger charge is -2.17. The van der Waals surface area contributed by atoms with Gasteiger partial charge in [0.05, 0.1) is 11.4 Å². The van der Waals surface area contributed by atoms with E-state index in [9.17, 15) is 9.59 Å². The van der Waals surface area contributed by atoms with E-state index in [0.717, 1.165) is 16.5 Å². The van der Waals surface area contributed by atoms with Crippen molar-refractivity contribution in [1.29, 1.82) is 0 Å². The number of aromatic amines is 1. The molecule has 0 aliphatic carbocycles. The molecule has 2 aromatic carbocycles. The summed E-state index contributed by atoms with van der Waals surface area (Å²) in [5, 5.41) is 4.47. The summed E-state index contributed by atoms with van der Waals surface area (Å²) in [6.45, 7) is 0. The second-order valence-corrected chi connectivity index (χ2v) is 8.57. The van der Waals surface area contributed by atoms with Crippen LogP contribution in [0.15, 0.2) is 89.9 Å². The maximum absolute atomic E-state index is 13.2. The number of fused-ring (bicyclic) bond motifs is 1. The van der Waals surface area contributed by atoms with Gasteiger partial charge >= 0.3 is 0 Å². The summed E-state index contributed by atoms with van der Waals surface area (Å²) in [4.78, 5) is 35.1. The Morgan fingerprint density at radius 2 is 2.00 bits per heavy atom. The van der Waals surface area contributed by atoms with Gasteiger partial charge in [0, 0.05) is 36.8 Å². The van der Waals surface area contributed by atoms with Gasteiger partial charge in [0.2, 0.25) is 5.91 Å². The van der Waals surface area contributed by atoms with Crippen molar-refractivity contribution in [3.05, 3.63) is 90.5 Å². The number of thioether (sulfide) groups is 1. The smallest absolute Gasteiger partial charge is 0.283 e. The molecule has 0 atom stereocenters. The highest BCUT2D eigenvalue weighted by molar-refractivity contribution is 8.14. The molecular formula is C25H21N5O2S. The van der Waals surface area contributed by atoms with Crippen molar-refractivity contribution >= 4 is 57.1 Å². The number of nitrogens with one attached hydrogen (secondary N) is 2. The molecule has 4 aromatic rings. The molecule has 2 amide bonds. The second kappa shape index (κ2) is 8.84. The summed E-state index contributed by atoms with van der Waals surface area (Å²) in [6, 6.07) is 18.9. The van der Waals surface area contributed by atoms with Crippen molar-refractivity contribution < 1.29 is 9.59 Å². The summed E-state index contributed by atoms with van der Waals surface area (Å²) in [5.41, 5.74) is 3.61. The van der Waals surface area contributed by atoms with Gasteiger partial charge in [-0.05, 0) is 53.4 Å². The van der Waals surface area contributed by atoms with Crippen molar-refractivity contribution in [2.75, 3.05) is 16.0 Å². The summed E-state index contributed by atoms with van der Waals surface area (Å²) in [5.74, 6) is -0.267. The molecule has 164 valence electrons. The van der Waals surface area contributed by atoms with Gasteiger partial charge in [0.25, 0.3) is 5.91 Å². The van der Waals surface area contributed by atoms with Gasteiger partial charge < -0.3 is 14.9 Å². The number of amidine groups is 1. The number of hydrogen-bond acceptors (Lipinski definition) is 4. The summed E-state index contributed by atoms with van der Waals surface area (Å²) in [7, 11) is 1.92. The number of H-pyrrole nitrogens is 1. The van der Waals surface area contributed by atoms with E-state index in [-0.39, 0.29) is 17.6 Å². The number of hydrogen-bond donors (Lipinski definition) is 2. The van der Waals surface area contributed by atoms with Gasteiger partial charge in [-0.3, -0.25) is 14.5 Å². The number of nitrogens with zero attached hydrogens (tertiary/aromatic N) is 3. The molecular weight excluding hydrogens is 434 g/mol. The maximum Gasteiger partial charge on any atom is 0.283 e. The molecule has 0 radical (unpaired) electrons. The molecule has 2 N–H and O–H groups in total. The molecule has 0 saturated carbocycles. The van der Waals surface area contributed by atoms with Crippen LogP contribution >= 0.6 is 11.8 Å². The highest BCUT2D eigenvalue weighted by atomic mass is 32.2. The molecule has 1 aliphatic rings. The number of aromatic nitrogens is 2. The third-order valence-corrected chi connectivity index (χ3v) is 6.11. The highest BCUT2D eigenvalue weighted by Crippen LogP contribution is 2.29. The number of amides is 2. The number of rotatable bonds is 5. The summed E-state index contributed by atoms with van der Waals surface area (Å²) >= 11 is 1.23. The van der Waals surface area contributed by atoms with E-state index in [1.165, 1.54) is 11.8 Å². The molecule has 1 aliphatic heterocycles. The van der Waals surface area contributed by atoms with E-state index in [1.807, 2.05) is 90.9 Å². The van der Waals surface area contributed by atoms with Crippen molar-refractivity contribution in [3.63, 3.8) is 0 Å². The van der Waals surface area contributed by atoms with E-state index in [2.05, 4.69) is 15.3 Å². The molecule has 0 saturated heterocycles. The Labute approximate surface area is 194 Å². The third-order valence-electron chi connectivity index (χ3n) is 5.17. The van der Waals surface area contributed by atoms with Crippen molar-refractivity contribution in [2.24, 2.45) is 12.0 Å². The predicted molar refractivity (Wildman–Crippen MR) is 134 cm³/mol. The lowest BCUT2D eigenvalue weighted by molar-refractivity contribution is -0.114. The topological polar surface area (TPSA) is 82.5 Å². The van der Waals surface area contributed by atoms with E-state index >= 15 is 0 Å². The SMILES string of the molecule is Cn1ccc(/C=C2\N=C(SCC(=O)Nc3ccc4cc[nH]c4c3)N(c3ccccc3)C2=O)c1. The van der Waals surface area contributed by atoms with Gasteiger partial charge in [-0.2, -0.15) is 0 Å². The molecule has 0 unspecified atom stereocenters. The highest BCUT2D eigenvalue weighted by Gasteiger charge is 2.32. The number of benzene rings is 2. The van der Waals surface area contributed by atoms with E-state index in [1.54, 1.807) is 11.0 Å². The van der Waals surface area contributed by atoms with Crippen LogP contribution in [0.3, 0.4) is 0 Å². The molecule has 0 spiro atoms. The van der Waals surface area contributed by atoms with E-state index < -0.39 is 0 Å². The molecule has 7 nitrogen and oxygen atoms in total. The standard InChI is InChI=1S/C25H21N5O2S/c1-29-12-10-17(15-29)13-22-24(32)30(20-5-3-2-4-6-20)25(28-22)33-16-23(31)27-19-8-7-18-9-11-26-21(18)14-19/h2-15,26H,16H2,1H3,(H,27,31)/b22-13-. The molecule has 8 heteroatoms. The zero-order valence-corrected chi connectivity index (χ0v) is 18.7. The van der Waals surface area contributed by atoms with E-state index in [0.29, 0.717) is 22.2 Å². The van der Waals surface area contributed by atoms with Crippen LogP contribution < -0.4 is 10.2 Å². The fourth-order valence-electron chi connectivity index (χ4n) is 3.62. The molecule has 0 fully saturated rings. The monoisotopic (exact) mass is 455 g/mol. The molecule has 5 rings (SSSR count). The van der Waals surface area contributed by atoms with Gasteiger partial charge in [-0.1, -0.05) is 36.0 Å². The number of anilines is 2. The quantitative estimate of drug-likeness (QED) is 0.431. The Morgan fingerprint density at radius 3 is 2.79 bits per heavy atom. The number of carbonyl (C=O) groups is 2. The van der Waals surface area contributed by atoms with Crippen LogP contribution in [0, 0.1) is 0 Å². The maximum atomic E-state index is 13.2. The summed E-state index contributed by atoms with van der Waals surface area (Å²) < 4.78 is 1.91. The normalized spacial score (nSPS) is 14.8. The Bertz CT molecular complexity index is 1400.